The Bertz CT molecular complexity index is 718. The summed E-state index contributed by atoms with van der Waals surface area (Å²) in [5.74, 6) is -0.944. The van der Waals surface area contributed by atoms with Gasteiger partial charge in [0.15, 0.2) is 0 Å². The van der Waals surface area contributed by atoms with E-state index in [1.807, 2.05) is 0 Å². The number of aromatic nitrogens is 1. The minimum Gasteiger partial charge on any atom is -0.326 e. The molecule has 0 aliphatic carbocycles. The topological polar surface area (TPSA) is 42.1 Å². The van der Waals surface area contributed by atoms with Crippen LogP contribution in [0.15, 0.2) is 18.2 Å². The van der Waals surface area contributed by atoms with Crippen LogP contribution < -0.4 is 5.73 Å². The Balaban J connectivity index is 1.86. The molecule has 1 saturated heterocycles. The van der Waals surface area contributed by atoms with Crippen molar-refractivity contribution in [1.82, 2.24) is 9.88 Å². The lowest BCUT2D eigenvalue weighted by Gasteiger charge is -2.36. The van der Waals surface area contributed by atoms with Crippen LogP contribution in [0.1, 0.15) is 37.8 Å². The van der Waals surface area contributed by atoms with E-state index < -0.39 is 11.8 Å². The molecule has 1 aliphatic heterocycles. The smallest absolute Gasteiger partial charge is 0.217 e. The number of piperidine rings is 1. The second-order valence-electron chi connectivity index (χ2n) is 7.22. The van der Waals surface area contributed by atoms with Gasteiger partial charge in [-0.3, -0.25) is 4.90 Å². The number of rotatable bonds is 3. The standard InChI is InChI=1S/C18H23F2N3/c1-18(2)3-5-23(6-4-18)11-14-8-12-7-13(10-21)15(19)9-16(12)22-17(14)20/h7-9H,3-6,10-11,21H2,1-2H3. The molecule has 2 aromatic rings. The molecule has 23 heavy (non-hydrogen) atoms. The molecule has 1 aliphatic rings. The zero-order valence-electron chi connectivity index (χ0n) is 13.7. The number of benzene rings is 1. The van der Waals surface area contributed by atoms with Gasteiger partial charge in [0.05, 0.1) is 5.52 Å². The molecular formula is C18H23F2N3. The van der Waals surface area contributed by atoms with Gasteiger partial charge in [-0.05, 0) is 43.5 Å². The van der Waals surface area contributed by atoms with Crippen molar-refractivity contribution in [3.05, 3.63) is 41.1 Å². The molecule has 124 valence electrons. The Labute approximate surface area is 135 Å². The molecule has 2 N–H and O–H groups in total. The summed E-state index contributed by atoms with van der Waals surface area (Å²) < 4.78 is 28.0. The Hall–Kier alpha value is -1.59. The second kappa shape index (κ2) is 6.13. The van der Waals surface area contributed by atoms with E-state index in [0.29, 0.717) is 28.6 Å². The lowest BCUT2D eigenvalue weighted by Crippen LogP contribution is -2.37. The van der Waals surface area contributed by atoms with E-state index >= 15 is 0 Å². The number of halogens is 2. The Morgan fingerprint density at radius 1 is 1.13 bits per heavy atom. The van der Waals surface area contributed by atoms with Gasteiger partial charge in [0.1, 0.15) is 5.82 Å². The van der Waals surface area contributed by atoms with Crippen LogP contribution in [0.4, 0.5) is 8.78 Å². The second-order valence-corrected chi connectivity index (χ2v) is 7.22. The first kappa shape index (κ1) is 16.3. The largest absolute Gasteiger partial charge is 0.326 e. The van der Waals surface area contributed by atoms with Gasteiger partial charge in [-0.1, -0.05) is 13.8 Å². The fraction of sp³-hybridized carbons (Fsp3) is 0.500. The quantitative estimate of drug-likeness (QED) is 0.879. The average molecular weight is 319 g/mol. The Kier molecular flexibility index (Phi) is 4.34. The lowest BCUT2D eigenvalue weighted by molar-refractivity contribution is 0.126. The summed E-state index contributed by atoms with van der Waals surface area (Å²) in [6, 6.07) is 4.70. The third-order valence-electron chi connectivity index (χ3n) is 4.83. The maximum Gasteiger partial charge on any atom is 0.217 e. The average Bonchev–Trinajstić information content (AvgIpc) is 2.50. The number of fused-ring (bicyclic) bond motifs is 1. The lowest BCUT2D eigenvalue weighted by atomic mass is 9.82. The van der Waals surface area contributed by atoms with Crippen LogP contribution in [-0.2, 0) is 13.1 Å². The molecule has 0 unspecified atom stereocenters. The highest BCUT2D eigenvalue weighted by Crippen LogP contribution is 2.30. The normalized spacial score (nSPS) is 18.5. The number of hydrogen-bond acceptors (Lipinski definition) is 3. The highest BCUT2D eigenvalue weighted by molar-refractivity contribution is 5.80. The first-order valence-corrected chi connectivity index (χ1v) is 8.08. The van der Waals surface area contributed by atoms with Crippen LogP contribution in [0, 0.1) is 17.2 Å². The van der Waals surface area contributed by atoms with Crippen LogP contribution in [-0.4, -0.2) is 23.0 Å². The summed E-state index contributed by atoms with van der Waals surface area (Å²) in [4.78, 5) is 6.19. The van der Waals surface area contributed by atoms with Crippen molar-refractivity contribution in [1.29, 1.82) is 0 Å². The SMILES string of the molecule is CC1(C)CCN(Cc2cc3cc(CN)c(F)cc3nc2F)CC1. The third-order valence-corrected chi connectivity index (χ3v) is 4.83. The van der Waals surface area contributed by atoms with Gasteiger partial charge in [0, 0.05) is 35.7 Å². The van der Waals surface area contributed by atoms with Crippen molar-refractivity contribution >= 4 is 10.9 Å². The molecular weight excluding hydrogens is 296 g/mol. The van der Waals surface area contributed by atoms with E-state index in [1.165, 1.54) is 6.07 Å². The zero-order valence-corrected chi connectivity index (χ0v) is 13.7. The highest BCUT2D eigenvalue weighted by atomic mass is 19.1. The van der Waals surface area contributed by atoms with E-state index in [1.54, 1.807) is 12.1 Å². The molecule has 0 atom stereocenters. The van der Waals surface area contributed by atoms with Gasteiger partial charge in [-0.25, -0.2) is 9.37 Å². The van der Waals surface area contributed by atoms with E-state index in [9.17, 15) is 8.78 Å². The zero-order chi connectivity index (χ0) is 16.6. The van der Waals surface area contributed by atoms with Gasteiger partial charge in [0.25, 0.3) is 0 Å². The number of pyridine rings is 1. The molecule has 0 bridgehead atoms. The summed E-state index contributed by atoms with van der Waals surface area (Å²) in [5, 5.41) is 0.737. The molecule has 0 amide bonds. The van der Waals surface area contributed by atoms with Crippen molar-refractivity contribution in [3.8, 4) is 0 Å². The molecule has 2 heterocycles. The van der Waals surface area contributed by atoms with E-state index in [4.69, 9.17) is 5.73 Å². The van der Waals surface area contributed by atoms with Crippen LogP contribution in [0.2, 0.25) is 0 Å². The molecule has 0 saturated carbocycles. The van der Waals surface area contributed by atoms with Gasteiger partial charge in [0.2, 0.25) is 5.95 Å². The van der Waals surface area contributed by atoms with Crippen molar-refractivity contribution in [2.45, 2.75) is 39.8 Å². The molecule has 0 spiro atoms. The monoisotopic (exact) mass is 319 g/mol. The fourth-order valence-electron chi connectivity index (χ4n) is 3.09. The molecule has 1 fully saturated rings. The minimum absolute atomic E-state index is 0.121. The van der Waals surface area contributed by atoms with Crippen LogP contribution in [0.5, 0.6) is 0 Å². The summed E-state index contributed by atoms with van der Waals surface area (Å²) >= 11 is 0. The van der Waals surface area contributed by atoms with Crippen LogP contribution >= 0.6 is 0 Å². The van der Waals surface area contributed by atoms with Crippen molar-refractivity contribution < 1.29 is 8.78 Å². The molecule has 3 rings (SSSR count). The predicted octanol–water partition coefficient (Wildman–Crippen LogP) is 3.59. The van der Waals surface area contributed by atoms with Gasteiger partial charge < -0.3 is 5.73 Å². The summed E-state index contributed by atoms with van der Waals surface area (Å²) in [6.07, 6.45) is 2.22. The Morgan fingerprint density at radius 2 is 1.78 bits per heavy atom. The predicted molar refractivity (Wildman–Crippen MR) is 87.8 cm³/mol. The summed E-state index contributed by atoms with van der Waals surface area (Å²) in [7, 11) is 0. The first-order valence-electron chi connectivity index (χ1n) is 8.08. The molecule has 1 aromatic heterocycles. The maximum absolute atomic E-state index is 14.3. The minimum atomic E-state index is -0.512. The third kappa shape index (κ3) is 3.51. The summed E-state index contributed by atoms with van der Waals surface area (Å²) in [6.45, 7) is 7.12. The molecule has 1 aromatic carbocycles. The van der Waals surface area contributed by atoms with Gasteiger partial charge in [-0.15, -0.1) is 0 Å². The first-order chi connectivity index (χ1) is 10.9. The number of likely N-dealkylation sites (tertiary alicyclic amines) is 1. The van der Waals surface area contributed by atoms with Crippen LogP contribution in [0.25, 0.3) is 10.9 Å². The fourth-order valence-corrected chi connectivity index (χ4v) is 3.09. The van der Waals surface area contributed by atoms with Gasteiger partial charge in [-0.2, -0.15) is 4.39 Å². The van der Waals surface area contributed by atoms with Crippen molar-refractivity contribution in [3.63, 3.8) is 0 Å². The van der Waals surface area contributed by atoms with E-state index in [0.717, 1.165) is 31.3 Å². The van der Waals surface area contributed by atoms with Crippen molar-refractivity contribution in [2.75, 3.05) is 13.1 Å². The molecule has 5 heteroatoms. The number of nitrogens with zero attached hydrogens (tertiary/aromatic N) is 2. The van der Waals surface area contributed by atoms with Gasteiger partial charge >= 0.3 is 0 Å². The van der Waals surface area contributed by atoms with Crippen molar-refractivity contribution in [2.24, 2.45) is 11.1 Å². The Morgan fingerprint density at radius 3 is 2.43 bits per heavy atom. The highest BCUT2D eigenvalue weighted by Gasteiger charge is 2.25. The maximum atomic E-state index is 14.3. The molecule has 0 radical (unpaired) electrons. The number of nitrogens with two attached hydrogens (primary N) is 1. The van der Waals surface area contributed by atoms with E-state index in [2.05, 4.69) is 23.7 Å². The van der Waals surface area contributed by atoms with Crippen LogP contribution in [0.3, 0.4) is 0 Å². The number of hydrogen-bond donors (Lipinski definition) is 1. The van der Waals surface area contributed by atoms with E-state index in [-0.39, 0.29) is 6.54 Å². The summed E-state index contributed by atoms with van der Waals surface area (Å²) in [5.41, 5.74) is 7.23. The molecule has 3 nitrogen and oxygen atoms in total.